The Morgan fingerprint density at radius 3 is 2.50 bits per heavy atom. The summed E-state index contributed by atoms with van der Waals surface area (Å²) < 4.78 is 1.97. The number of nitrogens with zero attached hydrogens (tertiary/aromatic N) is 2. The van der Waals surface area contributed by atoms with Gasteiger partial charge in [0, 0.05) is 19.2 Å². The van der Waals surface area contributed by atoms with Crippen LogP contribution >= 0.6 is 0 Å². The summed E-state index contributed by atoms with van der Waals surface area (Å²) in [6.45, 7) is 9.08. The lowest BCUT2D eigenvalue weighted by Crippen LogP contribution is -2.28. The quantitative estimate of drug-likeness (QED) is 0.788. The number of rotatable bonds is 1. The maximum absolute atomic E-state index is 4.69. The Labute approximate surface area is 98.2 Å². The van der Waals surface area contributed by atoms with Crippen molar-refractivity contribution in [2.75, 3.05) is 13.1 Å². The van der Waals surface area contributed by atoms with Gasteiger partial charge in [0.05, 0.1) is 5.69 Å². The van der Waals surface area contributed by atoms with Crippen LogP contribution in [0.25, 0.3) is 0 Å². The number of aryl methyl sites for hydroxylation is 1. The molecule has 1 N–H and O–H groups in total. The molecule has 1 fully saturated rings. The van der Waals surface area contributed by atoms with E-state index in [9.17, 15) is 0 Å². The molecule has 0 unspecified atom stereocenters. The molecule has 0 bridgehead atoms. The first-order valence-corrected chi connectivity index (χ1v) is 6.23. The van der Waals surface area contributed by atoms with Gasteiger partial charge in [-0.15, -0.1) is 0 Å². The molecule has 1 saturated heterocycles. The molecular weight excluding hydrogens is 198 g/mol. The predicted octanol–water partition coefficient (Wildman–Crippen LogP) is 2.18. The number of nitrogens with one attached hydrogen (secondary N) is 1. The van der Waals surface area contributed by atoms with Crippen LogP contribution in [-0.4, -0.2) is 22.9 Å². The topological polar surface area (TPSA) is 29.9 Å². The second-order valence-electron chi connectivity index (χ2n) is 5.88. The standard InChI is InChI=1S/C13H23N3/c1-13(2,3)11-9-16(4)15-12(11)10-5-7-14-8-6-10/h9-10,14H,5-8H2,1-4H3. The molecule has 0 aliphatic carbocycles. The minimum atomic E-state index is 0.203. The van der Waals surface area contributed by atoms with E-state index in [1.807, 2.05) is 11.7 Å². The highest BCUT2D eigenvalue weighted by molar-refractivity contribution is 5.28. The van der Waals surface area contributed by atoms with E-state index >= 15 is 0 Å². The van der Waals surface area contributed by atoms with Crippen molar-refractivity contribution < 1.29 is 0 Å². The summed E-state index contributed by atoms with van der Waals surface area (Å²) in [5.74, 6) is 0.650. The molecule has 2 rings (SSSR count). The molecule has 3 nitrogen and oxygen atoms in total. The summed E-state index contributed by atoms with van der Waals surface area (Å²) in [7, 11) is 2.03. The summed E-state index contributed by atoms with van der Waals surface area (Å²) in [5.41, 5.74) is 2.95. The number of aromatic nitrogens is 2. The third-order valence-corrected chi connectivity index (χ3v) is 3.39. The van der Waals surface area contributed by atoms with Crippen molar-refractivity contribution in [3.8, 4) is 0 Å². The van der Waals surface area contributed by atoms with Crippen LogP contribution in [0.2, 0.25) is 0 Å². The van der Waals surface area contributed by atoms with Crippen LogP contribution in [0.1, 0.15) is 50.8 Å². The average molecular weight is 221 g/mol. The molecule has 1 aromatic rings. The molecular formula is C13H23N3. The average Bonchev–Trinajstić information content (AvgIpc) is 2.61. The number of hydrogen-bond acceptors (Lipinski definition) is 2. The zero-order valence-corrected chi connectivity index (χ0v) is 10.9. The van der Waals surface area contributed by atoms with Gasteiger partial charge in [-0.05, 0) is 36.9 Å². The van der Waals surface area contributed by atoms with Crippen molar-refractivity contribution >= 4 is 0 Å². The van der Waals surface area contributed by atoms with E-state index in [1.54, 1.807) is 0 Å². The van der Waals surface area contributed by atoms with Crippen molar-refractivity contribution in [1.82, 2.24) is 15.1 Å². The Morgan fingerprint density at radius 2 is 1.94 bits per heavy atom. The highest BCUT2D eigenvalue weighted by atomic mass is 15.3. The second kappa shape index (κ2) is 4.21. The second-order valence-corrected chi connectivity index (χ2v) is 5.88. The summed E-state index contributed by atoms with van der Waals surface area (Å²) >= 11 is 0. The first-order valence-electron chi connectivity index (χ1n) is 6.23. The largest absolute Gasteiger partial charge is 0.317 e. The molecule has 0 radical (unpaired) electrons. The Bertz CT molecular complexity index is 354. The van der Waals surface area contributed by atoms with Crippen LogP contribution in [0.4, 0.5) is 0 Å². The maximum Gasteiger partial charge on any atom is 0.0693 e. The van der Waals surface area contributed by atoms with Crippen molar-refractivity contribution in [2.24, 2.45) is 7.05 Å². The molecule has 1 aliphatic rings. The van der Waals surface area contributed by atoms with Gasteiger partial charge in [0.25, 0.3) is 0 Å². The van der Waals surface area contributed by atoms with E-state index in [0.717, 1.165) is 13.1 Å². The SMILES string of the molecule is Cn1cc(C(C)(C)C)c(C2CCNCC2)n1. The minimum absolute atomic E-state index is 0.203. The lowest BCUT2D eigenvalue weighted by Gasteiger charge is -2.25. The van der Waals surface area contributed by atoms with Gasteiger partial charge in [-0.25, -0.2) is 0 Å². The monoisotopic (exact) mass is 221 g/mol. The molecule has 1 aliphatic heterocycles. The molecule has 0 saturated carbocycles. The summed E-state index contributed by atoms with van der Waals surface area (Å²) in [5, 5.41) is 8.10. The molecule has 3 heteroatoms. The van der Waals surface area contributed by atoms with Crippen molar-refractivity contribution in [3.63, 3.8) is 0 Å². The lowest BCUT2D eigenvalue weighted by molar-refractivity contribution is 0.441. The van der Waals surface area contributed by atoms with Gasteiger partial charge in [0.15, 0.2) is 0 Å². The molecule has 16 heavy (non-hydrogen) atoms. The molecule has 0 atom stereocenters. The fourth-order valence-electron chi connectivity index (χ4n) is 2.48. The highest BCUT2D eigenvalue weighted by Gasteiger charge is 2.27. The molecule has 2 heterocycles. The Morgan fingerprint density at radius 1 is 1.31 bits per heavy atom. The Balaban J connectivity index is 2.31. The fourth-order valence-corrected chi connectivity index (χ4v) is 2.48. The van der Waals surface area contributed by atoms with E-state index in [1.165, 1.54) is 24.1 Å². The minimum Gasteiger partial charge on any atom is -0.317 e. The molecule has 0 aromatic carbocycles. The van der Waals surface area contributed by atoms with Crippen LogP contribution in [0.15, 0.2) is 6.20 Å². The number of hydrogen-bond donors (Lipinski definition) is 1. The van der Waals surface area contributed by atoms with Crippen molar-refractivity contribution in [3.05, 3.63) is 17.5 Å². The predicted molar refractivity (Wildman–Crippen MR) is 66.8 cm³/mol. The van der Waals surface area contributed by atoms with Gasteiger partial charge in [0.1, 0.15) is 0 Å². The van der Waals surface area contributed by atoms with E-state index in [0.29, 0.717) is 5.92 Å². The van der Waals surface area contributed by atoms with E-state index in [4.69, 9.17) is 0 Å². The number of piperidine rings is 1. The van der Waals surface area contributed by atoms with Gasteiger partial charge in [-0.1, -0.05) is 20.8 Å². The van der Waals surface area contributed by atoms with Crippen molar-refractivity contribution in [1.29, 1.82) is 0 Å². The smallest absolute Gasteiger partial charge is 0.0693 e. The summed E-state index contributed by atoms with van der Waals surface area (Å²) in [4.78, 5) is 0. The van der Waals surface area contributed by atoms with Gasteiger partial charge >= 0.3 is 0 Å². The third-order valence-electron chi connectivity index (χ3n) is 3.39. The van der Waals surface area contributed by atoms with Crippen LogP contribution < -0.4 is 5.32 Å². The molecule has 0 amide bonds. The molecule has 90 valence electrons. The summed E-state index contributed by atoms with van der Waals surface area (Å²) in [6.07, 6.45) is 4.64. The van der Waals surface area contributed by atoms with Gasteiger partial charge < -0.3 is 5.32 Å². The normalized spacial score (nSPS) is 19.0. The van der Waals surface area contributed by atoms with Crippen LogP contribution in [0, 0.1) is 0 Å². The van der Waals surface area contributed by atoms with Crippen molar-refractivity contribution in [2.45, 2.75) is 44.9 Å². The Kier molecular flexibility index (Phi) is 3.06. The fraction of sp³-hybridized carbons (Fsp3) is 0.769. The maximum atomic E-state index is 4.69. The van der Waals surface area contributed by atoms with Crippen LogP contribution in [0.5, 0.6) is 0 Å². The molecule has 0 spiro atoms. The van der Waals surface area contributed by atoms with E-state index in [-0.39, 0.29) is 5.41 Å². The zero-order valence-electron chi connectivity index (χ0n) is 10.9. The van der Waals surface area contributed by atoms with E-state index < -0.39 is 0 Å². The Hall–Kier alpha value is -0.830. The van der Waals surface area contributed by atoms with Gasteiger partial charge in [0.2, 0.25) is 0 Å². The van der Waals surface area contributed by atoms with Crippen LogP contribution in [-0.2, 0) is 12.5 Å². The first-order chi connectivity index (χ1) is 7.48. The highest BCUT2D eigenvalue weighted by Crippen LogP contribution is 2.33. The van der Waals surface area contributed by atoms with E-state index in [2.05, 4.69) is 37.4 Å². The van der Waals surface area contributed by atoms with Crippen LogP contribution in [0.3, 0.4) is 0 Å². The summed E-state index contributed by atoms with van der Waals surface area (Å²) in [6, 6.07) is 0. The van der Waals surface area contributed by atoms with Gasteiger partial charge in [-0.2, -0.15) is 5.10 Å². The first kappa shape index (κ1) is 11.6. The van der Waals surface area contributed by atoms with Gasteiger partial charge in [-0.3, -0.25) is 4.68 Å². The third kappa shape index (κ3) is 2.29. The molecule has 1 aromatic heterocycles. The zero-order chi connectivity index (χ0) is 11.8. The lowest BCUT2D eigenvalue weighted by atomic mass is 9.82.